The number of amides is 3. The number of nitrogens with zero attached hydrogens (tertiary/aromatic N) is 1. The number of carboxylic acids is 1. The van der Waals surface area contributed by atoms with Crippen molar-refractivity contribution >= 4 is 23.6 Å². The summed E-state index contributed by atoms with van der Waals surface area (Å²) in [5.74, 6) is -2.14. The fraction of sp³-hybridized carbons (Fsp3) is 0.250. The molecule has 0 saturated carbocycles. The van der Waals surface area contributed by atoms with E-state index in [1.165, 1.54) is 29.2 Å². The van der Waals surface area contributed by atoms with Crippen LogP contribution in [0, 0.1) is 11.7 Å². The van der Waals surface area contributed by atoms with Crippen molar-refractivity contribution in [2.45, 2.75) is 13.0 Å². The van der Waals surface area contributed by atoms with Gasteiger partial charge in [-0.2, -0.15) is 0 Å². The van der Waals surface area contributed by atoms with Gasteiger partial charge in [-0.25, -0.2) is 9.18 Å². The van der Waals surface area contributed by atoms with Gasteiger partial charge in [0.05, 0.1) is 5.92 Å². The van der Waals surface area contributed by atoms with E-state index in [0.29, 0.717) is 30.8 Å². The number of halogens is 1. The molecular weight excluding hydrogens is 365 g/mol. The van der Waals surface area contributed by atoms with Gasteiger partial charge in [-0.15, -0.1) is 0 Å². The third kappa shape index (κ3) is 4.85. The molecule has 0 aromatic heterocycles. The number of hydrogen-bond donors (Lipinski definition) is 3. The summed E-state index contributed by atoms with van der Waals surface area (Å²) in [5.41, 5.74) is 1.76. The Hall–Kier alpha value is -3.42. The maximum Gasteiger partial charge on any atom is 0.317 e. The van der Waals surface area contributed by atoms with E-state index < -0.39 is 17.7 Å². The van der Waals surface area contributed by atoms with Gasteiger partial charge in [-0.1, -0.05) is 12.1 Å². The summed E-state index contributed by atoms with van der Waals surface area (Å²) in [6.45, 7) is 0.936. The van der Waals surface area contributed by atoms with E-state index in [4.69, 9.17) is 5.11 Å². The van der Waals surface area contributed by atoms with Gasteiger partial charge in [0.15, 0.2) is 0 Å². The third-order valence-electron chi connectivity index (χ3n) is 4.59. The van der Waals surface area contributed by atoms with E-state index in [9.17, 15) is 18.8 Å². The number of aliphatic carboxylic acids is 1. The van der Waals surface area contributed by atoms with Gasteiger partial charge in [0.2, 0.25) is 0 Å². The lowest BCUT2D eigenvalue weighted by Crippen LogP contribution is -2.38. The number of anilines is 1. The first-order chi connectivity index (χ1) is 13.4. The fourth-order valence-electron chi connectivity index (χ4n) is 2.95. The second kappa shape index (κ2) is 8.51. The molecule has 1 aliphatic heterocycles. The summed E-state index contributed by atoms with van der Waals surface area (Å²) in [6, 6.07) is 11.9. The Morgan fingerprint density at radius 2 is 1.75 bits per heavy atom. The van der Waals surface area contributed by atoms with Crippen molar-refractivity contribution in [2.75, 3.05) is 18.4 Å². The van der Waals surface area contributed by atoms with E-state index >= 15 is 0 Å². The maximum absolute atomic E-state index is 12.9. The molecule has 28 heavy (non-hydrogen) atoms. The molecular formula is C20H20FN3O4. The Balaban J connectivity index is 1.49. The Labute approximate surface area is 161 Å². The summed E-state index contributed by atoms with van der Waals surface area (Å²) in [7, 11) is 0. The zero-order chi connectivity index (χ0) is 20.1. The van der Waals surface area contributed by atoms with Crippen LogP contribution in [0.5, 0.6) is 0 Å². The molecule has 1 aliphatic rings. The molecule has 0 spiro atoms. The van der Waals surface area contributed by atoms with E-state index in [2.05, 4.69) is 10.6 Å². The van der Waals surface area contributed by atoms with Crippen molar-refractivity contribution in [3.63, 3.8) is 0 Å². The van der Waals surface area contributed by atoms with E-state index in [-0.39, 0.29) is 18.5 Å². The highest BCUT2D eigenvalue weighted by Gasteiger charge is 2.30. The van der Waals surface area contributed by atoms with Crippen LogP contribution in [0.1, 0.15) is 22.3 Å². The van der Waals surface area contributed by atoms with Gasteiger partial charge in [0.1, 0.15) is 5.82 Å². The van der Waals surface area contributed by atoms with Crippen LogP contribution < -0.4 is 10.6 Å². The zero-order valence-corrected chi connectivity index (χ0v) is 15.0. The van der Waals surface area contributed by atoms with Gasteiger partial charge < -0.3 is 20.6 Å². The summed E-state index contributed by atoms with van der Waals surface area (Å²) >= 11 is 0. The Kier molecular flexibility index (Phi) is 5.88. The molecule has 2 aromatic carbocycles. The molecule has 1 saturated heterocycles. The Bertz CT molecular complexity index is 868. The van der Waals surface area contributed by atoms with Crippen LogP contribution in [-0.4, -0.2) is 41.0 Å². The number of likely N-dealkylation sites (tertiary alicyclic amines) is 1. The van der Waals surface area contributed by atoms with E-state index in [0.717, 1.165) is 5.56 Å². The predicted octanol–water partition coefficient (Wildman–Crippen LogP) is 2.69. The molecule has 0 bridgehead atoms. The van der Waals surface area contributed by atoms with Crippen molar-refractivity contribution in [1.29, 1.82) is 0 Å². The molecule has 3 amide bonds. The van der Waals surface area contributed by atoms with Gasteiger partial charge in [0.25, 0.3) is 5.91 Å². The number of urea groups is 1. The Morgan fingerprint density at radius 3 is 2.36 bits per heavy atom. The zero-order valence-electron chi connectivity index (χ0n) is 15.0. The number of nitrogens with one attached hydrogen (secondary N) is 2. The van der Waals surface area contributed by atoms with Crippen LogP contribution in [-0.2, 0) is 11.3 Å². The summed E-state index contributed by atoms with van der Waals surface area (Å²) in [5, 5.41) is 14.5. The van der Waals surface area contributed by atoms with Crippen molar-refractivity contribution in [2.24, 2.45) is 5.92 Å². The lowest BCUT2D eigenvalue weighted by atomic mass is 10.1. The van der Waals surface area contributed by atoms with Crippen molar-refractivity contribution in [1.82, 2.24) is 10.2 Å². The minimum absolute atomic E-state index is 0.218. The van der Waals surface area contributed by atoms with Crippen LogP contribution in [0.3, 0.4) is 0 Å². The molecule has 1 fully saturated rings. The predicted molar refractivity (Wildman–Crippen MR) is 100 cm³/mol. The summed E-state index contributed by atoms with van der Waals surface area (Å²) in [6.07, 6.45) is 0.463. The molecule has 3 N–H and O–H groups in total. The van der Waals surface area contributed by atoms with Crippen molar-refractivity contribution in [3.05, 3.63) is 65.5 Å². The standard InChI is InChI=1S/C20H20FN3O4/c21-16-5-3-14(4-6-16)18(25)23-17-7-1-13(2-8-17)11-22-20(28)24-10-9-15(12-24)19(26)27/h1-8,15H,9-12H2,(H,22,28)(H,23,25)(H,26,27). The van der Waals surface area contributed by atoms with Crippen LogP contribution in [0.4, 0.5) is 14.9 Å². The topological polar surface area (TPSA) is 98.7 Å². The average Bonchev–Trinajstić information content (AvgIpc) is 3.18. The van der Waals surface area contributed by atoms with E-state index in [1.807, 2.05) is 0 Å². The number of rotatable bonds is 5. The third-order valence-corrected chi connectivity index (χ3v) is 4.59. The number of carbonyl (C=O) groups is 3. The monoisotopic (exact) mass is 385 g/mol. The molecule has 2 aromatic rings. The molecule has 7 nitrogen and oxygen atoms in total. The van der Waals surface area contributed by atoms with Crippen LogP contribution in [0.2, 0.25) is 0 Å². The van der Waals surface area contributed by atoms with Gasteiger partial charge in [-0.3, -0.25) is 9.59 Å². The number of hydrogen-bond acceptors (Lipinski definition) is 3. The molecule has 146 valence electrons. The van der Waals surface area contributed by atoms with Crippen LogP contribution in [0.15, 0.2) is 48.5 Å². The highest BCUT2D eigenvalue weighted by atomic mass is 19.1. The number of carboxylic acid groups (broad SMARTS) is 1. The van der Waals surface area contributed by atoms with E-state index in [1.54, 1.807) is 24.3 Å². The minimum atomic E-state index is -0.881. The lowest BCUT2D eigenvalue weighted by molar-refractivity contribution is -0.141. The second-order valence-electron chi connectivity index (χ2n) is 6.59. The highest BCUT2D eigenvalue weighted by molar-refractivity contribution is 6.04. The SMILES string of the molecule is O=C(Nc1ccc(CNC(=O)N2CCC(C(=O)O)C2)cc1)c1ccc(F)cc1. The first-order valence-corrected chi connectivity index (χ1v) is 8.84. The highest BCUT2D eigenvalue weighted by Crippen LogP contribution is 2.16. The second-order valence-corrected chi connectivity index (χ2v) is 6.59. The van der Waals surface area contributed by atoms with Gasteiger partial charge in [0, 0.05) is 30.9 Å². The van der Waals surface area contributed by atoms with Crippen molar-refractivity contribution in [3.8, 4) is 0 Å². The summed E-state index contributed by atoms with van der Waals surface area (Å²) < 4.78 is 12.9. The number of benzene rings is 2. The normalized spacial score (nSPS) is 15.9. The average molecular weight is 385 g/mol. The Morgan fingerprint density at radius 1 is 1.07 bits per heavy atom. The van der Waals surface area contributed by atoms with Crippen LogP contribution >= 0.6 is 0 Å². The smallest absolute Gasteiger partial charge is 0.317 e. The number of carbonyl (C=O) groups excluding carboxylic acids is 2. The van der Waals surface area contributed by atoms with Crippen molar-refractivity contribution < 1.29 is 23.9 Å². The summed E-state index contributed by atoms with van der Waals surface area (Å²) in [4.78, 5) is 36.7. The largest absolute Gasteiger partial charge is 0.481 e. The molecule has 0 aliphatic carbocycles. The molecule has 3 rings (SSSR count). The molecule has 8 heteroatoms. The van der Waals surface area contributed by atoms with Gasteiger partial charge in [-0.05, 0) is 48.4 Å². The molecule has 1 atom stereocenters. The molecule has 1 unspecified atom stereocenters. The quantitative estimate of drug-likeness (QED) is 0.737. The molecule has 0 radical (unpaired) electrons. The minimum Gasteiger partial charge on any atom is -0.481 e. The first kappa shape index (κ1) is 19.3. The maximum atomic E-state index is 12.9. The first-order valence-electron chi connectivity index (χ1n) is 8.84. The lowest BCUT2D eigenvalue weighted by Gasteiger charge is -2.16. The van der Waals surface area contributed by atoms with Crippen LogP contribution in [0.25, 0.3) is 0 Å². The fourth-order valence-corrected chi connectivity index (χ4v) is 2.95. The van der Waals surface area contributed by atoms with Gasteiger partial charge >= 0.3 is 12.0 Å². The molecule has 1 heterocycles.